The predicted molar refractivity (Wildman–Crippen MR) is 123 cm³/mol. The predicted octanol–water partition coefficient (Wildman–Crippen LogP) is 5.16. The van der Waals surface area contributed by atoms with Gasteiger partial charge in [-0.3, -0.25) is 0 Å². The van der Waals surface area contributed by atoms with Crippen LogP contribution in [0, 0.1) is 0 Å². The van der Waals surface area contributed by atoms with Crippen LogP contribution in [0.1, 0.15) is 23.1 Å². The molecular weight excluding hydrogens is 408 g/mol. The van der Waals surface area contributed by atoms with E-state index < -0.39 is 11.2 Å². The SMILES string of the molecule is OC1(OCc2ccccc2)SC(COCc2ccccc2)CC1OCc1ccccc1. The molecule has 3 aromatic carbocycles. The van der Waals surface area contributed by atoms with E-state index in [2.05, 4.69) is 0 Å². The van der Waals surface area contributed by atoms with Gasteiger partial charge in [0.15, 0.2) is 0 Å². The van der Waals surface area contributed by atoms with Crippen LogP contribution >= 0.6 is 11.8 Å². The maximum atomic E-state index is 11.3. The Bertz CT molecular complexity index is 906. The highest BCUT2D eigenvalue weighted by atomic mass is 32.2. The summed E-state index contributed by atoms with van der Waals surface area (Å²) < 4.78 is 18.1. The molecule has 0 aromatic heterocycles. The van der Waals surface area contributed by atoms with Gasteiger partial charge in [-0.15, -0.1) is 0 Å². The normalized spacial score (nSPS) is 23.1. The van der Waals surface area contributed by atoms with Gasteiger partial charge in [0.05, 0.1) is 26.4 Å². The molecule has 0 bridgehead atoms. The molecule has 162 valence electrons. The highest BCUT2D eigenvalue weighted by Gasteiger charge is 2.49. The molecule has 0 saturated carbocycles. The molecule has 31 heavy (non-hydrogen) atoms. The zero-order chi connectivity index (χ0) is 21.4. The zero-order valence-corrected chi connectivity index (χ0v) is 18.2. The lowest BCUT2D eigenvalue weighted by Crippen LogP contribution is -2.39. The fourth-order valence-corrected chi connectivity index (χ4v) is 4.92. The van der Waals surface area contributed by atoms with Crippen molar-refractivity contribution in [1.82, 2.24) is 0 Å². The monoisotopic (exact) mass is 436 g/mol. The van der Waals surface area contributed by atoms with Crippen molar-refractivity contribution >= 4 is 11.8 Å². The second-order valence-corrected chi connectivity index (χ2v) is 9.15. The molecule has 3 aromatic rings. The Balaban J connectivity index is 1.36. The molecule has 1 N–H and O–H groups in total. The first kappa shape index (κ1) is 22.1. The third-order valence-electron chi connectivity index (χ3n) is 5.22. The van der Waals surface area contributed by atoms with Crippen molar-refractivity contribution in [3.05, 3.63) is 108 Å². The topological polar surface area (TPSA) is 47.9 Å². The van der Waals surface area contributed by atoms with Crippen LogP contribution in [-0.2, 0) is 34.0 Å². The smallest absolute Gasteiger partial charge is 0.243 e. The molecule has 3 atom stereocenters. The number of thioether (sulfide) groups is 1. The van der Waals surface area contributed by atoms with Gasteiger partial charge in [-0.1, -0.05) is 103 Å². The van der Waals surface area contributed by atoms with Crippen molar-refractivity contribution in [2.24, 2.45) is 0 Å². The average Bonchev–Trinajstić information content (AvgIpc) is 3.14. The molecule has 4 nitrogen and oxygen atoms in total. The van der Waals surface area contributed by atoms with E-state index in [9.17, 15) is 5.11 Å². The zero-order valence-electron chi connectivity index (χ0n) is 17.4. The number of benzene rings is 3. The van der Waals surface area contributed by atoms with E-state index in [1.165, 1.54) is 11.8 Å². The van der Waals surface area contributed by atoms with E-state index in [4.69, 9.17) is 14.2 Å². The molecule has 0 radical (unpaired) electrons. The summed E-state index contributed by atoms with van der Waals surface area (Å²) in [6, 6.07) is 30.0. The Morgan fingerprint density at radius 2 is 1.26 bits per heavy atom. The van der Waals surface area contributed by atoms with Gasteiger partial charge in [-0.2, -0.15) is 0 Å². The molecule has 1 aliphatic heterocycles. The molecule has 3 unspecified atom stereocenters. The summed E-state index contributed by atoms with van der Waals surface area (Å²) in [5, 5.41) is 10.0. The fourth-order valence-electron chi connectivity index (χ4n) is 3.57. The quantitative estimate of drug-likeness (QED) is 0.445. The van der Waals surface area contributed by atoms with E-state index in [1.807, 2.05) is 91.0 Å². The fraction of sp³-hybridized carbons (Fsp3) is 0.308. The minimum Gasteiger partial charge on any atom is -0.376 e. The third kappa shape index (κ3) is 6.42. The van der Waals surface area contributed by atoms with Crippen LogP contribution in [0.15, 0.2) is 91.0 Å². The number of hydrogen-bond donors (Lipinski definition) is 1. The molecule has 0 spiro atoms. The minimum atomic E-state index is -1.41. The number of aliphatic hydroxyl groups is 1. The average molecular weight is 437 g/mol. The van der Waals surface area contributed by atoms with Crippen LogP contribution in [-0.4, -0.2) is 28.2 Å². The van der Waals surface area contributed by atoms with Gasteiger partial charge in [0, 0.05) is 5.25 Å². The molecule has 5 heteroatoms. The molecule has 4 rings (SSSR count). The van der Waals surface area contributed by atoms with Gasteiger partial charge in [0.1, 0.15) is 6.10 Å². The number of ether oxygens (including phenoxy) is 3. The molecule has 1 saturated heterocycles. The van der Waals surface area contributed by atoms with E-state index in [-0.39, 0.29) is 5.25 Å². The summed E-state index contributed by atoms with van der Waals surface area (Å²) in [7, 11) is 0. The summed E-state index contributed by atoms with van der Waals surface area (Å²) in [5.74, 6) is 0. The molecular formula is C26H28O4S. The second-order valence-electron chi connectivity index (χ2n) is 7.67. The minimum absolute atomic E-state index is 0.0882. The summed E-state index contributed by atoms with van der Waals surface area (Å²) >= 11 is 1.39. The molecule has 0 aliphatic carbocycles. The third-order valence-corrected chi connectivity index (χ3v) is 6.60. The Morgan fingerprint density at radius 1 is 0.742 bits per heavy atom. The van der Waals surface area contributed by atoms with Crippen molar-refractivity contribution in [3.8, 4) is 0 Å². The Kier molecular flexibility index (Phi) is 7.78. The van der Waals surface area contributed by atoms with Gasteiger partial charge in [-0.05, 0) is 23.1 Å². The van der Waals surface area contributed by atoms with Gasteiger partial charge >= 0.3 is 0 Å². The van der Waals surface area contributed by atoms with E-state index in [1.54, 1.807) is 0 Å². The highest BCUT2D eigenvalue weighted by molar-refractivity contribution is 8.01. The lowest BCUT2D eigenvalue weighted by atomic mass is 10.2. The van der Waals surface area contributed by atoms with Crippen LogP contribution in [0.5, 0.6) is 0 Å². The van der Waals surface area contributed by atoms with Crippen molar-refractivity contribution in [2.75, 3.05) is 6.61 Å². The Morgan fingerprint density at radius 3 is 1.84 bits per heavy atom. The van der Waals surface area contributed by atoms with Crippen molar-refractivity contribution in [3.63, 3.8) is 0 Å². The van der Waals surface area contributed by atoms with Crippen LogP contribution < -0.4 is 0 Å². The molecule has 0 amide bonds. The van der Waals surface area contributed by atoms with Crippen LogP contribution in [0.2, 0.25) is 0 Å². The first-order valence-corrected chi connectivity index (χ1v) is 11.4. The van der Waals surface area contributed by atoms with Gasteiger partial charge in [-0.25, -0.2) is 0 Å². The summed E-state index contributed by atoms with van der Waals surface area (Å²) in [5.41, 5.74) is 3.22. The maximum absolute atomic E-state index is 11.3. The number of hydrogen-bond acceptors (Lipinski definition) is 5. The Labute approximate surface area is 188 Å². The molecule has 1 heterocycles. The van der Waals surface area contributed by atoms with Crippen LogP contribution in [0.4, 0.5) is 0 Å². The van der Waals surface area contributed by atoms with E-state index in [0.717, 1.165) is 16.7 Å². The summed E-state index contributed by atoms with van der Waals surface area (Å²) in [6.07, 6.45) is 0.226. The van der Waals surface area contributed by atoms with E-state index >= 15 is 0 Å². The van der Waals surface area contributed by atoms with Crippen LogP contribution in [0.25, 0.3) is 0 Å². The lowest BCUT2D eigenvalue weighted by molar-refractivity contribution is -0.209. The molecule has 1 aliphatic rings. The first-order valence-electron chi connectivity index (χ1n) is 10.6. The maximum Gasteiger partial charge on any atom is 0.243 e. The van der Waals surface area contributed by atoms with Gasteiger partial charge < -0.3 is 19.3 Å². The Hall–Kier alpha value is -2.15. The van der Waals surface area contributed by atoms with Gasteiger partial charge in [0.2, 0.25) is 5.12 Å². The molecule has 1 fully saturated rings. The summed E-state index contributed by atoms with van der Waals surface area (Å²) in [4.78, 5) is 0. The largest absolute Gasteiger partial charge is 0.376 e. The lowest BCUT2D eigenvalue weighted by Gasteiger charge is -2.29. The van der Waals surface area contributed by atoms with Crippen LogP contribution in [0.3, 0.4) is 0 Å². The first-order chi connectivity index (χ1) is 15.2. The van der Waals surface area contributed by atoms with Gasteiger partial charge in [0.25, 0.3) is 0 Å². The second kappa shape index (κ2) is 10.9. The number of rotatable bonds is 10. The van der Waals surface area contributed by atoms with Crippen molar-refractivity contribution in [2.45, 2.75) is 42.7 Å². The van der Waals surface area contributed by atoms with E-state index in [0.29, 0.717) is 32.8 Å². The van der Waals surface area contributed by atoms with Crippen molar-refractivity contribution in [1.29, 1.82) is 0 Å². The standard InChI is InChI=1S/C26H28O4S/c27-26(30-19-23-14-8-3-9-15-23)25(29-18-22-12-6-2-7-13-22)16-24(31-26)20-28-17-21-10-4-1-5-11-21/h1-15,24-25,27H,16-20H2. The summed E-state index contributed by atoms with van der Waals surface area (Å²) in [6.45, 7) is 1.84. The van der Waals surface area contributed by atoms with Crippen molar-refractivity contribution < 1.29 is 19.3 Å². The highest BCUT2D eigenvalue weighted by Crippen LogP contribution is 2.45.